The second kappa shape index (κ2) is 23.0. The first-order valence-electron chi connectivity index (χ1n) is 23.8. The van der Waals surface area contributed by atoms with E-state index in [1.165, 1.54) is 6.07 Å². The van der Waals surface area contributed by atoms with Gasteiger partial charge >= 0.3 is 17.5 Å². The summed E-state index contributed by atoms with van der Waals surface area (Å²) in [4.78, 5) is 60.4. The number of aliphatic hydroxyl groups excluding tert-OH is 1. The van der Waals surface area contributed by atoms with E-state index in [2.05, 4.69) is 60.4 Å². The zero-order valence-corrected chi connectivity index (χ0v) is 41.6. The van der Waals surface area contributed by atoms with Gasteiger partial charge in [-0.1, -0.05) is 126 Å². The summed E-state index contributed by atoms with van der Waals surface area (Å²) in [6.45, 7) is 6.36. The lowest BCUT2D eigenvalue weighted by Crippen LogP contribution is -2.36. The molecule has 4 aromatic heterocycles. The summed E-state index contributed by atoms with van der Waals surface area (Å²) in [5, 5.41) is 37.4. The summed E-state index contributed by atoms with van der Waals surface area (Å²) in [7, 11) is 6.16. The van der Waals surface area contributed by atoms with Gasteiger partial charge in [-0.15, -0.1) is 0 Å². The number of carbonyl (C=O) groups is 2. The number of imidazole rings is 2. The van der Waals surface area contributed by atoms with Crippen LogP contribution in [0.5, 0.6) is 12.0 Å². The summed E-state index contributed by atoms with van der Waals surface area (Å²) in [6, 6.07) is 41.3. The third-order valence-electron chi connectivity index (χ3n) is 11.7. The van der Waals surface area contributed by atoms with Gasteiger partial charge in [0.15, 0.2) is 11.6 Å². The van der Waals surface area contributed by atoms with Gasteiger partial charge in [-0.05, 0) is 65.4 Å². The van der Waals surface area contributed by atoms with E-state index in [9.17, 15) is 29.4 Å². The average Bonchev–Trinajstić information content (AvgIpc) is 4.20. The fourth-order valence-corrected chi connectivity index (χ4v) is 8.26. The third kappa shape index (κ3) is 12.1. The molecule has 20 heteroatoms. The number of H-pyrrole nitrogens is 2. The Hall–Kier alpha value is -9.40. The zero-order valence-electron chi connectivity index (χ0n) is 41.6. The van der Waals surface area contributed by atoms with Crippen LogP contribution in [0.1, 0.15) is 45.7 Å². The molecule has 75 heavy (non-hydrogen) atoms. The molecule has 0 saturated heterocycles. The van der Waals surface area contributed by atoms with E-state index < -0.39 is 23.5 Å². The van der Waals surface area contributed by atoms with Crippen LogP contribution in [-0.4, -0.2) is 114 Å². The molecular weight excluding hydrogens is 963 g/mol. The van der Waals surface area contributed by atoms with Gasteiger partial charge < -0.3 is 34.1 Å². The summed E-state index contributed by atoms with van der Waals surface area (Å²) in [5.41, 5.74) is 9.23. The van der Waals surface area contributed by atoms with E-state index in [0.717, 1.165) is 55.5 Å². The number of nitrogens with one attached hydrogen (secondary N) is 2. The molecule has 0 amide bonds. The van der Waals surface area contributed by atoms with Gasteiger partial charge in [0.2, 0.25) is 0 Å². The predicted molar refractivity (Wildman–Crippen MR) is 277 cm³/mol. The van der Waals surface area contributed by atoms with E-state index in [1.54, 1.807) is 39.5 Å². The number of nitrogens with zero attached hydrogens (tertiary/aromatic N) is 7. The average molecular weight is 1020 g/mol. The van der Waals surface area contributed by atoms with Crippen LogP contribution in [0.4, 0.5) is 0 Å². The Morgan fingerprint density at radius 2 is 1.01 bits per heavy atom. The lowest BCUT2D eigenvalue weighted by molar-refractivity contribution is -0.870. The molecule has 384 valence electrons. The van der Waals surface area contributed by atoms with Crippen molar-refractivity contribution < 1.29 is 47.9 Å². The van der Waals surface area contributed by atoms with Gasteiger partial charge in [-0.2, -0.15) is 9.97 Å². The van der Waals surface area contributed by atoms with E-state index in [1.807, 2.05) is 111 Å². The lowest BCUT2D eigenvalue weighted by Gasteiger charge is -2.21. The lowest BCUT2D eigenvalue weighted by atomic mass is 9.98. The maximum absolute atomic E-state index is 11.8. The van der Waals surface area contributed by atoms with E-state index in [-0.39, 0.29) is 17.7 Å². The molecule has 0 fully saturated rings. The Morgan fingerprint density at radius 3 is 1.36 bits per heavy atom. The van der Waals surface area contributed by atoms with Crippen LogP contribution >= 0.6 is 0 Å². The SMILES string of the molecule is CCOc1nc2cccc(C(=O)O)c2n1Cc1ccc(-c2ccccc2-c2noc(=O)[nH]2)cc1.CCOc1nc2cccc(C(=O)[O-])c2n1Cc1ccc(-c2ccccc2-c2noc(=O)[nH]2)cc1.C[N+](C)(C)CCO. The van der Waals surface area contributed by atoms with Gasteiger partial charge in [-0.25, -0.2) is 14.4 Å². The molecule has 0 bridgehead atoms. The molecule has 6 aromatic carbocycles. The number of hydrogen-bond acceptors (Lipinski definition) is 14. The van der Waals surface area contributed by atoms with Gasteiger partial charge in [0, 0.05) is 16.7 Å². The standard InChI is InChI=1S/2C25H20N4O5.C5H14NO/c2*1-2-33-24-26-20-9-5-8-19(23(30)31)21(20)29(24)14-15-10-12-16(13-11-15)17-6-3-4-7-18(17)22-27-25(32)34-28-22;1-6(2,3)4-5-7/h2*3-13H,2,14H2,1H3,(H,30,31)(H,27,28,32);7H,4-5H2,1-3H3/q;;+1/p-1. The molecule has 0 spiro atoms. The number of rotatable bonds is 16. The number of aliphatic hydroxyl groups is 1. The highest BCUT2D eigenvalue weighted by atomic mass is 16.5. The van der Waals surface area contributed by atoms with Gasteiger partial charge in [-0.3, -0.25) is 28.1 Å². The number of hydrogen-bond donors (Lipinski definition) is 4. The van der Waals surface area contributed by atoms with Crippen LogP contribution in [0.3, 0.4) is 0 Å². The van der Waals surface area contributed by atoms with Crippen molar-refractivity contribution in [1.82, 2.24) is 39.4 Å². The Labute approximate surface area is 428 Å². The Kier molecular flexibility index (Phi) is 15.9. The number of quaternary nitrogens is 1. The molecule has 0 unspecified atom stereocenters. The smallest absolute Gasteiger partial charge is 0.439 e. The van der Waals surface area contributed by atoms with Crippen LogP contribution in [0.2, 0.25) is 0 Å². The molecule has 20 nitrogen and oxygen atoms in total. The molecule has 4 heterocycles. The number of aromatic nitrogens is 8. The van der Waals surface area contributed by atoms with Crippen molar-refractivity contribution in [1.29, 1.82) is 0 Å². The molecule has 10 rings (SSSR count). The molecule has 0 atom stereocenters. The molecule has 0 aliphatic heterocycles. The number of aromatic amines is 2. The van der Waals surface area contributed by atoms with E-state index in [4.69, 9.17) is 14.6 Å². The minimum Gasteiger partial charge on any atom is -0.545 e. The molecule has 0 radical (unpaired) electrons. The number of carboxylic acids is 2. The van der Waals surface area contributed by atoms with Crippen molar-refractivity contribution in [2.24, 2.45) is 0 Å². The van der Waals surface area contributed by atoms with Gasteiger partial charge in [0.05, 0.1) is 87.7 Å². The number of aromatic carboxylic acids is 2. The van der Waals surface area contributed by atoms with Crippen molar-refractivity contribution in [2.75, 3.05) is 47.5 Å². The van der Waals surface area contributed by atoms with Crippen molar-refractivity contribution in [3.05, 3.63) is 177 Å². The summed E-state index contributed by atoms with van der Waals surface area (Å²) in [6.07, 6.45) is 0. The number of fused-ring (bicyclic) bond motifs is 2. The second-order valence-electron chi connectivity index (χ2n) is 17.9. The monoisotopic (exact) mass is 1020 g/mol. The first kappa shape index (κ1) is 51.9. The molecule has 0 aliphatic carbocycles. The van der Waals surface area contributed by atoms with Crippen LogP contribution < -0.4 is 26.1 Å². The Balaban J connectivity index is 0.000000177. The van der Waals surface area contributed by atoms with Crippen LogP contribution in [-0.2, 0) is 13.1 Å². The minimum absolute atomic E-state index is 0.0584. The summed E-state index contributed by atoms with van der Waals surface area (Å²) >= 11 is 0. The number of benzene rings is 6. The number of likely N-dealkylation sites (N-methyl/N-ethyl adjacent to an activating group) is 1. The maximum Gasteiger partial charge on any atom is 0.439 e. The van der Waals surface area contributed by atoms with Crippen molar-refractivity contribution in [3.8, 4) is 57.1 Å². The van der Waals surface area contributed by atoms with E-state index in [0.29, 0.717) is 72.0 Å². The molecule has 10 aromatic rings. The topological polar surface area (TPSA) is 270 Å². The molecular formula is C55H53N9O11. The fourth-order valence-electron chi connectivity index (χ4n) is 8.26. The quantitative estimate of drug-likeness (QED) is 0.0731. The highest BCUT2D eigenvalue weighted by Gasteiger charge is 2.21. The second-order valence-corrected chi connectivity index (χ2v) is 17.9. The van der Waals surface area contributed by atoms with Crippen LogP contribution in [0, 0.1) is 0 Å². The summed E-state index contributed by atoms with van der Waals surface area (Å²) < 4.78 is 25.1. The van der Waals surface area contributed by atoms with Crippen molar-refractivity contribution >= 4 is 34.0 Å². The van der Waals surface area contributed by atoms with Gasteiger partial charge in [0.1, 0.15) is 6.54 Å². The number of para-hydroxylation sites is 2. The number of carboxylic acid groups (broad SMARTS) is 2. The van der Waals surface area contributed by atoms with Crippen molar-refractivity contribution in [2.45, 2.75) is 26.9 Å². The minimum atomic E-state index is -1.27. The first-order chi connectivity index (χ1) is 36.2. The van der Waals surface area contributed by atoms with Gasteiger partial charge in [0.25, 0.3) is 12.0 Å². The molecule has 0 saturated carbocycles. The Bertz CT molecular complexity index is 3480. The van der Waals surface area contributed by atoms with Crippen LogP contribution in [0.25, 0.3) is 67.1 Å². The Morgan fingerprint density at radius 1 is 0.600 bits per heavy atom. The number of ether oxygens (including phenoxy) is 2. The van der Waals surface area contributed by atoms with Crippen LogP contribution in [0.15, 0.2) is 152 Å². The third-order valence-corrected chi connectivity index (χ3v) is 11.7. The van der Waals surface area contributed by atoms with Crippen molar-refractivity contribution in [3.63, 3.8) is 0 Å². The zero-order chi connectivity index (χ0) is 53.2. The normalized spacial score (nSPS) is 11.2. The maximum atomic E-state index is 11.8. The largest absolute Gasteiger partial charge is 0.545 e. The van der Waals surface area contributed by atoms with E-state index >= 15 is 0 Å². The highest BCUT2D eigenvalue weighted by Crippen LogP contribution is 2.33. The predicted octanol–water partition coefficient (Wildman–Crippen LogP) is 6.73. The first-order valence-corrected chi connectivity index (χ1v) is 23.8. The number of carbonyl (C=O) groups excluding carboxylic acids is 1. The highest BCUT2D eigenvalue weighted by molar-refractivity contribution is 6.02. The molecule has 0 aliphatic rings. The summed E-state index contributed by atoms with van der Waals surface area (Å²) in [5.74, 6) is -2.81. The molecule has 4 N–H and O–H groups in total. The fraction of sp³-hybridized carbons (Fsp3) is 0.200.